The number of para-hydroxylation sites is 1. The Hall–Kier alpha value is -3.81. The van der Waals surface area contributed by atoms with Crippen LogP contribution in [-0.4, -0.2) is 22.2 Å². The number of hydrogen-bond acceptors (Lipinski definition) is 7. The number of anilines is 1. The number of hydrogen-bond donors (Lipinski definition) is 1. The number of carbonyl (C=O) groups excluding carboxylic acids is 2. The van der Waals surface area contributed by atoms with Crippen molar-refractivity contribution in [2.45, 2.75) is 33.0 Å². The summed E-state index contributed by atoms with van der Waals surface area (Å²) in [6.45, 7) is 5.58. The Morgan fingerprint density at radius 1 is 1.07 bits per heavy atom. The third kappa shape index (κ3) is 3.47. The highest BCUT2D eigenvalue weighted by molar-refractivity contribution is 6.04. The van der Waals surface area contributed by atoms with Crippen LogP contribution in [0.15, 0.2) is 59.1 Å². The maximum atomic E-state index is 13.0. The van der Waals surface area contributed by atoms with Gasteiger partial charge in [-0.3, -0.25) is 10.2 Å². The molecule has 1 N–H and O–H groups in total. The van der Waals surface area contributed by atoms with Crippen molar-refractivity contribution in [1.29, 1.82) is 0 Å². The van der Waals surface area contributed by atoms with Crippen LogP contribution < -0.4 is 10.2 Å². The summed E-state index contributed by atoms with van der Waals surface area (Å²) < 4.78 is 16.4. The number of aryl methyl sites for hydroxylation is 2. The van der Waals surface area contributed by atoms with Crippen LogP contribution in [0.3, 0.4) is 0 Å². The summed E-state index contributed by atoms with van der Waals surface area (Å²) in [4.78, 5) is 25.3. The molecule has 8 heteroatoms. The molecule has 0 spiro atoms. The standard InChI is InChI=1S/C22H21N3O5/c1-14-19(15(2)30-24-14)13-28-18-11-9-16(10-12-18)22(3)20(26)25(21(27)29-22)23-17-7-5-4-6-8-17/h4-12,23H,13H2,1-3H3. The molecule has 0 radical (unpaired) electrons. The molecule has 2 aromatic carbocycles. The summed E-state index contributed by atoms with van der Waals surface area (Å²) in [7, 11) is 0. The van der Waals surface area contributed by atoms with Crippen LogP contribution >= 0.6 is 0 Å². The van der Waals surface area contributed by atoms with Crippen LogP contribution in [0.2, 0.25) is 0 Å². The fraction of sp³-hybridized carbons (Fsp3) is 0.227. The lowest BCUT2D eigenvalue weighted by Crippen LogP contribution is -2.40. The smallest absolute Gasteiger partial charge is 0.437 e. The number of ether oxygens (including phenoxy) is 2. The third-order valence-corrected chi connectivity index (χ3v) is 5.07. The summed E-state index contributed by atoms with van der Waals surface area (Å²) in [5.74, 6) is 0.824. The van der Waals surface area contributed by atoms with Crippen LogP contribution in [0, 0.1) is 13.8 Å². The lowest BCUT2D eigenvalue weighted by Gasteiger charge is -2.21. The van der Waals surface area contributed by atoms with E-state index in [1.165, 1.54) is 0 Å². The SMILES string of the molecule is Cc1noc(C)c1COc1ccc(C2(C)OC(=O)N(Nc3ccccc3)C2=O)cc1. The number of amides is 2. The van der Waals surface area contributed by atoms with E-state index in [4.69, 9.17) is 14.0 Å². The Morgan fingerprint density at radius 3 is 2.40 bits per heavy atom. The molecule has 154 valence electrons. The topological polar surface area (TPSA) is 93.9 Å². The van der Waals surface area contributed by atoms with Crippen LogP contribution in [0.25, 0.3) is 0 Å². The molecule has 1 aliphatic heterocycles. The van der Waals surface area contributed by atoms with E-state index in [9.17, 15) is 9.59 Å². The summed E-state index contributed by atoms with van der Waals surface area (Å²) >= 11 is 0. The van der Waals surface area contributed by atoms with Crippen molar-refractivity contribution in [2.24, 2.45) is 0 Å². The molecule has 30 heavy (non-hydrogen) atoms. The van der Waals surface area contributed by atoms with E-state index in [1.54, 1.807) is 55.5 Å². The van der Waals surface area contributed by atoms with Gasteiger partial charge in [-0.2, -0.15) is 0 Å². The maximum absolute atomic E-state index is 13.0. The molecule has 2 heterocycles. The Labute approximate surface area is 173 Å². The summed E-state index contributed by atoms with van der Waals surface area (Å²) in [6.07, 6.45) is -0.759. The van der Waals surface area contributed by atoms with E-state index >= 15 is 0 Å². The number of imide groups is 1. The molecule has 8 nitrogen and oxygen atoms in total. The summed E-state index contributed by atoms with van der Waals surface area (Å²) in [6, 6.07) is 15.8. The number of aromatic nitrogens is 1. The van der Waals surface area contributed by atoms with Crippen LogP contribution in [0.4, 0.5) is 10.5 Å². The van der Waals surface area contributed by atoms with Crippen molar-refractivity contribution in [3.8, 4) is 5.75 Å². The molecule has 1 saturated heterocycles. The molecule has 0 bridgehead atoms. The van der Waals surface area contributed by atoms with Crippen LogP contribution in [0.5, 0.6) is 5.75 Å². The molecule has 0 saturated carbocycles. The molecular formula is C22H21N3O5. The average molecular weight is 407 g/mol. The molecule has 1 aromatic heterocycles. The molecule has 4 rings (SSSR count). The average Bonchev–Trinajstić information content (AvgIpc) is 3.18. The number of rotatable bonds is 6. The molecule has 1 fully saturated rings. The second kappa shape index (κ2) is 7.55. The van der Waals surface area contributed by atoms with Crippen LogP contribution in [-0.2, 0) is 21.7 Å². The van der Waals surface area contributed by atoms with Crippen molar-refractivity contribution in [1.82, 2.24) is 10.2 Å². The molecule has 1 aliphatic rings. The second-order valence-electron chi connectivity index (χ2n) is 7.14. The van der Waals surface area contributed by atoms with Gasteiger partial charge < -0.3 is 14.0 Å². The Balaban J connectivity index is 1.48. The largest absolute Gasteiger partial charge is 0.489 e. The lowest BCUT2D eigenvalue weighted by molar-refractivity contribution is -0.135. The molecule has 0 aliphatic carbocycles. The minimum Gasteiger partial charge on any atom is -0.489 e. The van der Waals surface area contributed by atoms with Gasteiger partial charge in [-0.1, -0.05) is 35.5 Å². The monoisotopic (exact) mass is 407 g/mol. The van der Waals surface area contributed by atoms with Crippen molar-refractivity contribution in [3.05, 3.63) is 77.2 Å². The van der Waals surface area contributed by atoms with Crippen molar-refractivity contribution in [3.63, 3.8) is 0 Å². The van der Waals surface area contributed by atoms with Gasteiger partial charge in [0.2, 0.25) is 5.60 Å². The van der Waals surface area contributed by atoms with Crippen molar-refractivity contribution in [2.75, 3.05) is 5.43 Å². The van der Waals surface area contributed by atoms with Gasteiger partial charge in [-0.15, -0.1) is 5.01 Å². The predicted octanol–water partition coefficient (Wildman–Crippen LogP) is 4.09. The zero-order valence-electron chi connectivity index (χ0n) is 16.8. The highest BCUT2D eigenvalue weighted by Crippen LogP contribution is 2.35. The van der Waals surface area contributed by atoms with E-state index in [2.05, 4.69) is 10.6 Å². The van der Waals surface area contributed by atoms with Gasteiger partial charge in [0.1, 0.15) is 18.1 Å². The quantitative estimate of drug-likeness (QED) is 0.658. The first-order valence-corrected chi connectivity index (χ1v) is 9.43. The number of nitrogens with zero attached hydrogens (tertiary/aromatic N) is 2. The summed E-state index contributed by atoms with van der Waals surface area (Å²) in [5, 5.41) is 4.79. The zero-order valence-corrected chi connectivity index (χ0v) is 16.8. The van der Waals surface area contributed by atoms with E-state index in [-0.39, 0.29) is 0 Å². The first-order valence-electron chi connectivity index (χ1n) is 9.43. The minimum atomic E-state index is -1.43. The summed E-state index contributed by atoms with van der Waals surface area (Å²) in [5.41, 5.74) is 4.19. The van der Waals surface area contributed by atoms with E-state index in [1.807, 2.05) is 19.9 Å². The fourth-order valence-corrected chi connectivity index (χ4v) is 3.21. The molecule has 1 unspecified atom stereocenters. The van der Waals surface area contributed by atoms with Gasteiger partial charge in [-0.05, 0) is 45.0 Å². The third-order valence-electron chi connectivity index (χ3n) is 5.07. The lowest BCUT2D eigenvalue weighted by atomic mass is 9.95. The maximum Gasteiger partial charge on any atom is 0.437 e. The molecule has 1 atom stereocenters. The Morgan fingerprint density at radius 2 is 1.77 bits per heavy atom. The van der Waals surface area contributed by atoms with E-state index in [0.717, 1.165) is 16.3 Å². The molecular weight excluding hydrogens is 386 g/mol. The Bertz CT molecular complexity index is 1060. The van der Waals surface area contributed by atoms with E-state index in [0.29, 0.717) is 29.4 Å². The normalized spacial score (nSPS) is 18.4. The first-order chi connectivity index (χ1) is 14.4. The van der Waals surface area contributed by atoms with Crippen LogP contribution in [0.1, 0.15) is 29.5 Å². The Kier molecular flexibility index (Phi) is 4.91. The van der Waals surface area contributed by atoms with E-state index < -0.39 is 17.6 Å². The highest BCUT2D eigenvalue weighted by Gasteiger charge is 2.52. The van der Waals surface area contributed by atoms with Gasteiger partial charge in [-0.25, -0.2) is 4.79 Å². The minimum absolute atomic E-state index is 0.320. The van der Waals surface area contributed by atoms with Gasteiger partial charge in [0.05, 0.1) is 16.9 Å². The highest BCUT2D eigenvalue weighted by atomic mass is 16.6. The zero-order chi connectivity index (χ0) is 21.3. The van der Waals surface area contributed by atoms with Crippen molar-refractivity contribution >= 4 is 17.7 Å². The van der Waals surface area contributed by atoms with Gasteiger partial charge >= 0.3 is 6.09 Å². The number of benzene rings is 2. The fourth-order valence-electron chi connectivity index (χ4n) is 3.21. The van der Waals surface area contributed by atoms with Gasteiger partial charge in [0.15, 0.2) is 0 Å². The number of carbonyl (C=O) groups is 2. The first kappa shape index (κ1) is 19.5. The number of cyclic esters (lactones) is 1. The van der Waals surface area contributed by atoms with Gasteiger partial charge in [0.25, 0.3) is 5.91 Å². The van der Waals surface area contributed by atoms with Gasteiger partial charge in [0, 0.05) is 5.56 Å². The second-order valence-corrected chi connectivity index (χ2v) is 7.14. The number of nitrogens with one attached hydrogen (secondary N) is 1. The molecule has 2 amide bonds. The van der Waals surface area contributed by atoms with Crippen molar-refractivity contribution < 1.29 is 23.6 Å². The number of hydrazine groups is 1. The predicted molar refractivity (Wildman–Crippen MR) is 107 cm³/mol. The molecule has 3 aromatic rings.